The lowest BCUT2D eigenvalue weighted by Gasteiger charge is -2.19. The van der Waals surface area contributed by atoms with Crippen molar-refractivity contribution in [1.82, 2.24) is 14.9 Å². The van der Waals surface area contributed by atoms with Crippen LogP contribution in [0.25, 0.3) is 0 Å². The van der Waals surface area contributed by atoms with E-state index in [1.807, 2.05) is 13.2 Å². The average molecular weight is 252 g/mol. The van der Waals surface area contributed by atoms with Crippen molar-refractivity contribution in [3.63, 3.8) is 0 Å². The number of nitrogens with one attached hydrogen (secondary N) is 1. The topological polar surface area (TPSA) is 42.3 Å². The maximum atomic E-state index is 5.10. The molecule has 1 aromatic rings. The number of rotatable bonds is 7. The van der Waals surface area contributed by atoms with Gasteiger partial charge < -0.3 is 19.5 Å². The van der Waals surface area contributed by atoms with Gasteiger partial charge in [-0.2, -0.15) is 0 Å². The van der Waals surface area contributed by atoms with Gasteiger partial charge in [-0.05, 0) is 32.4 Å². The molecule has 5 nitrogen and oxygen atoms in total. The van der Waals surface area contributed by atoms with Crippen molar-refractivity contribution in [2.24, 2.45) is 5.92 Å². The zero-order valence-corrected chi connectivity index (χ0v) is 11.4. The lowest BCUT2D eigenvalue weighted by Crippen LogP contribution is -2.26. The molecule has 1 aliphatic heterocycles. The van der Waals surface area contributed by atoms with E-state index in [2.05, 4.69) is 26.0 Å². The number of anilines is 1. The number of hydrogen-bond donors (Lipinski definition) is 1. The number of aromatic nitrogens is 2. The fourth-order valence-corrected chi connectivity index (χ4v) is 2.61. The highest BCUT2D eigenvalue weighted by Crippen LogP contribution is 2.22. The van der Waals surface area contributed by atoms with Crippen molar-refractivity contribution in [2.75, 3.05) is 45.3 Å². The van der Waals surface area contributed by atoms with Gasteiger partial charge in [-0.25, -0.2) is 4.98 Å². The lowest BCUT2D eigenvalue weighted by atomic mass is 10.1. The molecule has 2 rings (SSSR count). The molecule has 1 aromatic heterocycles. The van der Waals surface area contributed by atoms with Crippen molar-refractivity contribution in [1.29, 1.82) is 0 Å². The van der Waals surface area contributed by atoms with E-state index >= 15 is 0 Å². The largest absolute Gasteiger partial charge is 0.385 e. The van der Waals surface area contributed by atoms with Crippen LogP contribution in [0.3, 0.4) is 0 Å². The standard InChI is InChI=1S/C13H24N4O/c1-14-10-12-4-7-17(11-12)13-15-5-8-16(13)6-3-9-18-2/h5,8,12,14H,3-4,6-7,9-11H2,1-2H3. The second-order valence-electron chi connectivity index (χ2n) is 4.93. The second-order valence-corrected chi connectivity index (χ2v) is 4.93. The van der Waals surface area contributed by atoms with Gasteiger partial charge in [-0.15, -0.1) is 0 Å². The van der Waals surface area contributed by atoms with E-state index in [1.54, 1.807) is 7.11 Å². The van der Waals surface area contributed by atoms with Gasteiger partial charge in [0.2, 0.25) is 5.95 Å². The van der Waals surface area contributed by atoms with E-state index in [-0.39, 0.29) is 0 Å². The molecule has 5 heteroatoms. The first-order valence-electron chi connectivity index (χ1n) is 6.74. The maximum Gasteiger partial charge on any atom is 0.205 e. The van der Waals surface area contributed by atoms with Crippen LogP contribution in [0.5, 0.6) is 0 Å². The SMILES string of the molecule is CNCC1CCN(c2nccn2CCCOC)C1. The quantitative estimate of drug-likeness (QED) is 0.734. The number of imidazole rings is 1. The Hall–Kier alpha value is -1.07. The van der Waals surface area contributed by atoms with Crippen molar-refractivity contribution >= 4 is 5.95 Å². The highest BCUT2D eigenvalue weighted by Gasteiger charge is 2.24. The van der Waals surface area contributed by atoms with Crippen molar-refractivity contribution in [2.45, 2.75) is 19.4 Å². The fourth-order valence-electron chi connectivity index (χ4n) is 2.61. The van der Waals surface area contributed by atoms with E-state index in [9.17, 15) is 0 Å². The molecule has 0 radical (unpaired) electrons. The Bertz CT molecular complexity index is 353. The summed E-state index contributed by atoms with van der Waals surface area (Å²) in [5.74, 6) is 1.86. The van der Waals surface area contributed by atoms with E-state index in [0.29, 0.717) is 0 Å². The Morgan fingerprint density at radius 1 is 1.56 bits per heavy atom. The minimum atomic E-state index is 0.749. The molecule has 1 fully saturated rings. The molecule has 0 spiro atoms. The molecule has 0 aliphatic carbocycles. The van der Waals surface area contributed by atoms with Crippen molar-refractivity contribution < 1.29 is 4.74 Å². The highest BCUT2D eigenvalue weighted by atomic mass is 16.5. The third-order valence-electron chi connectivity index (χ3n) is 3.50. The first-order chi connectivity index (χ1) is 8.85. The van der Waals surface area contributed by atoms with Gasteiger partial charge >= 0.3 is 0 Å². The molecule has 0 bridgehead atoms. The molecule has 1 aliphatic rings. The first kappa shape index (κ1) is 13.4. The van der Waals surface area contributed by atoms with Crippen LogP contribution in [0.2, 0.25) is 0 Å². The van der Waals surface area contributed by atoms with Crippen LogP contribution in [0.4, 0.5) is 5.95 Å². The summed E-state index contributed by atoms with van der Waals surface area (Å²) in [4.78, 5) is 6.90. The number of aryl methyl sites for hydroxylation is 1. The Labute approximate surface area is 109 Å². The Balaban J connectivity index is 1.91. The molecule has 2 heterocycles. The summed E-state index contributed by atoms with van der Waals surface area (Å²) in [7, 11) is 3.77. The van der Waals surface area contributed by atoms with E-state index in [1.165, 1.54) is 6.42 Å². The van der Waals surface area contributed by atoms with Gasteiger partial charge in [-0.3, -0.25) is 0 Å². The summed E-state index contributed by atoms with van der Waals surface area (Å²) in [5, 5.41) is 3.26. The summed E-state index contributed by atoms with van der Waals surface area (Å²) < 4.78 is 7.34. The van der Waals surface area contributed by atoms with Crippen molar-refractivity contribution in [3.05, 3.63) is 12.4 Å². The maximum absolute atomic E-state index is 5.10. The van der Waals surface area contributed by atoms with Gasteiger partial charge in [0.25, 0.3) is 0 Å². The minimum Gasteiger partial charge on any atom is -0.385 e. The molecule has 0 amide bonds. The Morgan fingerprint density at radius 2 is 2.44 bits per heavy atom. The van der Waals surface area contributed by atoms with Crippen LogP contribution in [0, 0.1) is 5.92 Å². The Kier molecular flexibility index (Phi) is 5.01. The van der Waals surface area contributed by atoms with Gasteiger partial charge in [-0.1, -0.05) is 0 Å². The molecule has 1 atom stereocenters. The van der Waals surface area contributed by atoms with Crippen LogP contribution in [-0.2, 0) is 11.3 Å². The number of hydrogen-bond acceptors (Lipinski definition) is 4. The van der Waals surface area contributed by atoms with E-state index in [4.69, 9.17) is 4.74 Å². The molecular weight excluding hydrogens is 228 g/mol. The van der Waals surface area contributed by atoms with Gasteiger partial charge in [0.05, 0.1) is 0 Å². The monoisotopic (exact) mass is 252 g/mol. The van der Waals surface area contributed by atoms with E-state index in [0.717, 1.165) is 51.1 Å². The third kappa shape index (κ3) is 3.23. The summed E-state index contributed by atoms with van der Waals surface area (Å²) >= 11 is 0. The number of methoxy groups -OCH3 is 1. The van der Waals surface area contributed by atoms with Crippen LogP contribution in [-0.4, -0.2) is 49.9 Å². The van der Waals surface area contributed by atoms with Crippen molar-refractivity contribution in [3.8, 4) is 0 Å². The van der Waals surface area contributed by atoms with E-state index < -0.39 is 0 Å². The predicted octanol–water partition coefficient (Wildman–Crippen LogP) is 0.965. The second kappa shape index (κ2) is 6.75. The van der Waals surface area contributed by atoms with Crippen LogP contribution < -0.4 is 10.2 Å². The predicted molar refractivity (Wildman–Crippen MR) is 73.0 cm³/mol. The normalized spacial score (nSPS) is 19.7. The molecular formula is C13H24N4O. The average Bonchev–Trinajstić information content (AvgIpc) is 2.98. The molecule has 1 N–H and O–H groups in total. The Morgan fingerprint density at radius 3 is 3.22 bits per heavy atom. The smallest absolute Gasteiger partial charge is 0.205 e. The molecule has 102 valence electrons. The zero-order chi connectivity index (χ0) is 12.8. The fraction of sp³-hybridized carbons (Fsp3) is 0.769. The molecule has 1 unspecified atom stereocenters. The highest BCUT2D eigenvalue weighted by molar-refractivity contribution is 5.33. The molecule has 1 saturated heterocycles. The molecule has 18 heavy (non-hydrogen) atoms. The van der Waals surface area contributed by atoms with Gasteiger partial charge in [0.15, 0.2) is 0 Å². The van der Waals surface area contributed by atoms with Gasteiger partial charge in [0.1, 0.15) is 0 Å². The molecule has 0 saturated carbocycles. The third-order valence-corrected chi connectivity index (χ3v) is 3.50. The summed E-state index contributed by atoms with van der Waals surface area (Å²) in [6, 6.07) is 0. The zero-order valence-electron chi connectivity index (χ0n) is 11.4. The van der Waals surface area contributed by atoms with Gasteiger partial charge in [0, 0.05) is 45.7 Å². The summed E-state index contributed by atoms with van der Waals surface area (Å²) in [6.45, 7) is 5.12. The lowest BCUT2D eigenvalue weighted by molar-refractivity contribution is 0.190. The minimum absolute atomic E-state index is 0.749. The van der Waals surface area contributed by atoms with Crippen LogP contribution in [0.15, 0.2) is 12.4 Å². The number of nitrogens with zero attached hydrogens (tertiary/aromatic N) is 3. The molecule has 0 aromatic carbocycles. The summed E-state index contributed by atoms with van der Waals surface area (Å²) in [6.07, 6.45) is 6.25. The number of ether oxygens (including phenoxy) is 1. The first-order valence-corrected chi connectivity index (χ1v) is 6.74. The summed E-state index contributed by atoms with van der Waals surface area (Å²) in [5.41, 5.74) is 0. The van der Waals surface area contributed by atoms with Crippen LogP contribution in [0.1, 0.15) is 12.8 Å². The van der Waals surface area contributed by atoms with Crippen LogP contribution >= 0.6 is 0 Å².